The molecule has 0 aliphatic heterocycles. The zero-order chi connectivity index (χ0) is 15.4. The average molecular weight is 300 g/mol. The first kappa shape index (κ1) is 15.6. The number of hydrogen-bond donors (Lipinski definition) is 3. The van der Waals surface area contributed by atoms with E-state index in [9.17, 15) is 5.11 Å². The van der Waals surface area contributed by atoms with Gasteiger partial charge in [-0.2, -0.15) is 0 Å². The lowest BCUT2D eigenvalue weighted by Crippen LogP contribution is -2.39. The molecular weight excluding hydrogens is 272 g/mol. The fourth-order valence-electron chi connectivity index (χ4n) is 3.72. The van der Waals surface area contributed by atoms with Crippen LogP contribution in [0.1, 0.15) is 44.6 Å². The third kappa shape index (κ3) is 3.36. The first-order chi connectivity index (χ1) is 10.7. The molecule has 120 valence electrons. The fourth-order valence-corrected chi connectivity index (χ4v) is 3.72. The van der Waals surface area contributed by atoms with Gasteiger partial charge in [-0.25, -0.2) is 0 Å². The van der Waals surface area contributed by atoms with Crippen molar-refractivity contribution >= 4 is 10.9 Å². The molecule has 0 unspecified atom stereocenters. The van der Waals surface area contributed by atoms with E-state index in [2.05, 4.69) is 47.7 Å². The Morgan fingerprint density at radius 3 is 2.82 bits per heavy atom. The van der Waals surface area contributed by atoms with Gasteiger partial charge in [0.25, 0.3) is 0 Å². The second-order valence-corrected chi connectivity index (χ2v) is 7.05. The quantitative estimate of drug-likeness (QED) is 0.731. The number of nitrogens with one attached hydrogen (secondary N) is 2. The van der Waals surface area contributed by atoms with Gasteiger partial charge < -0.3 is 15.4 Å². The van der Waals surface area contributed by atoms with Crippen LogP contribution in [0.5, 0.6) is 0 Å². The molecule has 0 bridgehead atoms. The molecule has 0 spiro atoms. The zero-order valence-corrected chi connectivity index (χ0v) is 13.6. The molecule has 1 aromatic heterocycles. The molecule has 3 nitrogen and oxygen atoms in total. The Hall–Kier alpha value is -1.32. The standard InChI is InChI=1S/C19H28N2O/c1-15(21-13-19(14-22)10-4-5-11-19)8-9-16-12-20-18-7-3-2-6-17(16)18/h2-3,6-7,12,15,20-22H,4-5,8-11,13-14H2,1H3/t15-/m1/s1. The normalized spacial score (nSPS) is 18.8. The molecule has 1 aliphatic carbocycles. The predicted molar refractivity (Wildman–Crippen MR) is 92.1 cm³/mol. The van der Waals surface area contributed by atoms with Crippen molar-refractivity contribution in [3.63, 3.8) is 0 Å². The molecule has 2 aromatic rings. The number of aliphatic hydroxyl groups excluding tert-OH is 1. The van der Waals surface area contributed by atoms with Crippen LogP contribution in [0.3, 0.4) is 0 Å². The molecule has 1 aliphatic rings. The molecule has 1 fully saturated rings. The van der Waals surface area contributed by atoms with Crippen molar-refractivity contribution in [3.05, 3.63) is 36.0 Å². The van der Waals surface area contributed by atoms with Crippen LogP contribution in [-0.2, 0) is 6.42 Å². The predicted octanol–water partition coefficient (Wildman–Crippen LogP) is 3.63. The van der Waals surface area contributed by atoms with Crippen LogP contribution in [0.15, 0.2) is 30.5 Å². The number of aliphatic hydroxyl groups is 1. The highest BCUT2D eigenvalue weighted by atomic mass is 16.3. The number of aromatic amines is 1. The smallest absolute Gasteiger partial charge is 0.0499 e. The number of benzene rings is 1. The van der Waals surface area contributed by atoms with Gasteiger partial charge in [0.05, 0.1) is 0 Å². The molecule has 3 rings (SSSR count). The van der Waals surface area contributed by atoms with E-state index < -0.39 is 0 Å². The minimum absolute atomic E-state index is 0.148. The Kier molecular flexibility index (Phi) is 4.84. The number of fused-ring (bicyclic) bond motifs is 1. The number of para-hydroxylation sites is 1. The maximum Gasteiger partial charge on any atom is 0.0499 e. The zero-order valence-electron chi connectivity index (χ0n) is 13.6. The third-order valence-corrected chi connectivity index (χ3v) is 5.35. The van der Waals surface area contributed by atoms with Gasteiger partial charge in [0, 0.05) is 41.7 Å². The van der Waals surface area contributed by atoms with Crippen molar-refractivity contribution in [2.75, 3.05) is 13.2 Å². The molecule has 1 heterocycles. The number of aryl methyl sites for hydroxylation is 1. The molecule has 3 heteroatoms. The number of H-pyrrole nitrogens is 1. The average Bonchev–Trinajstić information content (AvgIpc) is 3.19. The van der Waals surface area contributed by atoms with E-state index in [0.29, 0.717) is 12.6 Å². The molecule has 1 atom stereocenters. The summed E-state index contributed by atoms with van der Waals surface area (Å²) in [5.41, 5.74) is 2.78. The van der Waals surface area contributed by atoms with E-state index in [1.165, 1.54) is 42.1 Å². The van der Waals surface area contributed by atoms with E-state index >= 15 is 0 Å². The Morgan fingerprint density at radius 1 is 1.27 bits per heavy atom. The molecule has 0 radical (unpaired) electrons. The summed E-state index contributed by atoms with van der Waals surface area (Å²) < 4.78 is 0. The highest BCUT2D eigenvalue weighted by molar-refractivity contribution is 5.82. The van der Waals surface area contributed by atoms with Gasteiger partial charge in [-0.15, -0.1) is 0 Å². The monoisotopic (exact) mass is 300 g/mol. The molecule has 1 saturated carbocycles. The highest BCUT2D eigenvalue weighted by Gasteiger charge is 2.32. The molecule has 22 heavy (non-hydrogen) atoms. The topological polar surface area (TPSA) is 48.0 Å². The first-order valence-electron chi connectivity index (χ1n) is 8.62. The summed E-state index contributed by atoms with van der Waals surface area (Å²) in [7, 11) is 0. The lowest BCUT2D eigenvalue weighted by Gasteiger charge is -2.28. The fraction of sp³-hybridized carbons (Fsp3) is 0.579. The Labute approximate surface area is 133 Å². The summed E-state index contributed by atoms with van der Waals surface area (Å²) in [6.07, 6.45) is 9.24. The van der Waals surface area contributed by atoms with Gasteiger partial charge >= 0.3 is 0 Å². The Balaban J connectivity index is 1.51. The summed E-state index contributed by atoms with van der Waals surface area (Å²) in [4.78, 5) is 3.35. The van der Waals surface area contributed by atoms with E-state index in [1.807, 2.05) is 0 Å². The van der Waals surface area contributed by atoms with Crippen LogP contribution < -0.4 is 5.32 Å². The second-order valence-electron chi connectivity index (χ2n) is 7.05. The van der Waals surface area contributed by atoms with E-state index in [0.717, 1.165) is 19.4 Å². The lowest BCUT2D eigenvalue weighted by molar-refractivity contribution is 0.125. The van der Waals surface area contributed by atoms with Crippen LogP contribution in [0, 0.1) is 5.41 Å². The van der Waals surface area contributed by atoms with E-state index in [1.54, 1.807) is 0 Å². The Bertz CT molecular complexity index is 598. The van der Waals surface area contributed by atoms with E-state index in [4.69, 9.17) is 0 Å². The van der Waals surface area contributed by atoms with Crippen molar-refractivity contribution in [3.8, 4) is 0 Å². The van der Waals surface area contributed by atoms with Crippen LogP contribution in [0.4, 0.5) is 0 Å². The maximum atomic E-state index is 9.68. The van der Waals surface area contributed by atoms with Crippen LogP contribution in [-0.4, -0.2) is 29.3 Å². The Morgan fingerprint density at radius 2 is 2.05 bits per heavy atom. The molecule has 0 saturated heterocycles. The SMILES string of the molecule is C[C@H](CCc1c[nH]c2ccccc12)NCC1(CO)CCCC1. The van der Waals surface area contributed by atoms with Gasteiger partial charge in [-0.1, -0.05) is 31.0 Å². The van der Waals surface area contributed by atoms with Crippen LogP contribution in [0.2, 0.25) is 0 Å². The lowest BCUT2D eigenvalue weighted by atomic mass is 9.87. The van der Waals surface area contributed by atoms with E-state index in [-0.39, 0.29) is 5.41 Å². The van der Waals surface area contributed by atoms with Crippen molar-refractivity contribution < 1.29 is 5.11 Å². The summed E-state index contributed by atoms with van der Waals surface area (Å²) in [6.45, 7) is 3.54. The number of rotatable bonds is 7. The minimum Gasteiger partial charge on any atom is -0.396 e. The van der Waals surface area contributed by atoms with Crippen molar-refractivity contribution in [1.82, 2.24) is 10.3 Å². The minimum atomic E-state index is 0.148. The van der Waals surface area contributed by atoms with Gasteiger partial charge in [-0.05, 0) is 44.2 Å². The highest BCUT2D eigenvalue weighted by Crippen LogP contribution is 2.37. The third-order valence-electron chi connectivity index (χ3n) is 5.35. The van der Waals surface area contributed by atoms with Crippen molar-refractivity contribution in [2.45, 2.75) is 51.5 Å². The van der Waals surface area contributed by atoms with Crippen molar-refractivity contribution in [1.29, 1.82) is 0 Å². The maximum absolute atomic E-state index is 9.68. The van der Waals surface area contributed by atoms with Gasteiger partial charge in [-0.3, -0.25) is 0 Å². The second kappa shape index (κ2) is 6.84. The first-order valence-corrected chi connectivity index (χ1v) is 8.62. The van der Waals surface area contributed by atoms with Gasteiger partial charge in [0.2, 0.25) is 0 Å². The van der Waals surface area contributed by atoms with Crippen molar-refractivity contribution in [2.24, 2.45) is 5.41 Å². The molecule has 0 amide bonds. The number of aromatic nitrogens is 1. The molecular formula is C19H28N2O. The molecule has 1 aromatic carbocycles. The van der Waals surface area contributed by atoms with Gasteiger partial charge in [0.15, 0.2) is 0 Å². The van der Waals surface area contributed by atoms with Crippen LogP contribution >= 0.6 is 0 Å². The molecule has 3 N–H and O–H groups in total. The summed E-state index contributed by atoms with van der Waals surface area (Å²) >= 11 is 0. The largest absolute Gasteiger partial charge is 0.396 e. The van der Waals surface area contributed by atoms with Crippen LogP contribution in [0.25, 0.3) is 10.9 Å². The summed E-state index contributed by atoms with van der Waals surface area (Å²) in [5, 5.41) is 14.7. The van der Waals surface area contributed by atoms with Gasteiger partial charge in [0.1, 0.15) is 0 Å². The summed E-state index contributed by atoms with van der Waals surface area (Å²) in [5.74, 6) is 0. The number of hydrogen-bond acceptors (Lipinski definition) is 2. The summed E-state index contributed by atoms with van der Waals surface area (Å²) in [6, 6.07) is 8.98.